The molecule has 5 nitrogen and oxygen atoms in total. The average Bonchev–Trinajstić information content (AvgIpc) is 2.92. The molecule has 108 valence electrons. The Kier molecular flexibility index (Phi) is 4.95. The van der Waals surface area contributed by atoms with Crippen molar-refractivity contribution in [3.05, 3.63) is 39.9 Å². The molecule has 1 amide bonds. The highest BCUT2D eigenvalue weighted by Crippen LogP contribution is 2.31. The lowest BCUT2D eigenvalue weighted by Crippen LogP contribution is -2.31. The Labute approximate surface area is 122 Å². The van der Waals surface area contributed by atoms with E-state index >= 15 is 0 Å². The summed E-state index contributed by atoms with van der Waals surface area (Å²) in [5, 5.41) is 13.4. The van der Waals surface area contributed by atoms with E-state index in [9.17, 15) is 14.9 Å². The molecule has 1 aromatic rings. The van der Waals surface area contributed by atoms with Crippen molar-refractivity contribution < 1.29 is 9.72 Å². The van der Waals surface area contributed by atoms with Gasteiger partial charge in [-0.05, 0) is 36.8 Å². The standard InChI is InChI=1S/C14H17ClN2O3/c15-8-11-2-1-3-12(11)9-16-14(18)10-4-6-13(7-5-10)17(19)20/h4-7,11-12H,1-3,8-9H2,(H,16,18). The molecule has 1 saturated carbocycles. The number of hydrogen-bond donors (Lipinski definition) is 1. The van der Waals surface area contributed by atoms with Crippen LogP contribution in [0, 0.1) is 22.0 Å². The summed E-state index contributed by atoms with van der Waals surface area (Å²) in [6, 6.07) is 5.63. The van der Waals surface area contributed by atoms with Crippen molar-refractivity contribution in [2.75, 3.05) is 12.4 Å². The van der Waals surface area contributed by atoms with Crippen LogP contribution in [0.4, 0.5) is 5.69 Å². The van der Waals surface area contributed by atoms with Crippen LogP contribution in [0.1, 0.15) is 29.6 Å². The number of nitrogens with one attached hydrogen (secondary N) is 1. The molecule has 6 heteroatoms. The number of nitrogens with zero attached hydrogens (tertiary/aromatic N) is 1. The Morgan fingerprint density at radius 2 is 1.95 bits per heavy atom. The Balaban J connectivity index is 1.90. The lowest BCUT2D eigenvalue weighted by Gasteiger charge is -2.17. The summed E-state index contributed by atoms with van der Waals surface area (Å²) < 4.78 is 0. The molecule has 0 aromatic heterocycles. The van der Waals surface area contributed by atoms with E-state index in [-0.39, 0.29) is 11.6 Å². The van der Waals surface area contributed by atoms with Gasteiger partial charge in [-0.3, -0.25) is 14.9 Å². The number of alkyl halides is 1. The third kappa shape index (κ3) is 3.48. The summed E-state index contributed by atoms with van der Waals surface area (Å²) in [7, 11) is 0. The van der Waals surface area contributed by atoms with Crippen LogP contribution in [0.3, 0.4) is 0 Å². The van der Waals surface area contributed by atoms with Gasteiger partial charge in [0.25, 0.3) is 11.6 Å². The van der Waals surface area contributed by atoms with Crippen LogP contribution in [-0.4, -0.2) is 23.3 Å². The fourth-order valence-electron chi connectivity index (χ4n) is 2.65. The summed E-state index contributed by atoms with van der Waals surface area (Å²) in [4.78, 5) is 22.0. The summed E-state index contributed by atoms with van der Waals surface area (Å²) >= 11 is 5.91. The van der Waals surface area contributed by atoms with Crippen molar-refractivity contribution in [1.29, 1.82) is 0 Å². The molecule has 1 N–H and O–H groups in total. The zero-order chi connectivity index (χ0) is 14.5. The molecule has 1 aromatic carbocycles. The van der Waals surface area contributed by atoms with Crippen molar-refractivity contribution in [2.24, 2.45) is 11.8 Å². The number of nitro benzene ring substituents is 1. The van der Waals surface area contributed by atoms with E-state index < -0.39 is 4.92 Å². The van der Waals surface area contributed by atoms with E-state index in [4.69, 9.17) is 11.6 Å². The number of halogens is 1. The zero-order valence-corrected chi connectivity index (χ0v) is 11.8. The quantitative estimate of drug-likeness (QED) is 0.516. The van der Waals surface area contributed by atoms with Gasteiger partial charge in [0.05, 0.1) is 4.92 Å². The summed E-state index contributed by atoms with van der Waals surface area (Å²) in [5.41, 5.74) is 0.426. The van der Waals surface area contributed by atoms with Gasteiger partial charge in [0.15, 0.2) is 0 Å². The maximum Gasteiger partial charge on any atom is 0.269 e. The second-order valence-electron chi connectivity index (χ2n) is 5.12. The number of non-ortho nitro benzene ring substituents is 1. The van der Waals surface area contributed by atoms with Gasteiger partial charge in [-0.15, -0.1) is 11.6 Å². The van der Waals surface area contributed by atoms with Gasteiger partial charge in [0, 0.05) is 30.1 Å². The van der Waals surface area contributed by atoms with Gasteiger partial charge in [0.2, 0.25) is 0 Å². The number of carbonyl (C=O) groups excluding carboxylic acids is 1. The second kappa shape index (κ2) is 6.70. The van der Waals surface area contributed by atoms with Crippen molar-refractivity contribution in [2.45, 2.75) is 19.3 Å². The minimum absolute atomic E-state index is 0.0143. The highest BCUT2D eigenvalue weighted by atomic mass is 35.5. The fourth-order valence-corrected chi connectivity index (χ4v) is 3.05. The van der Waals surface area contributed by atoms with Gasteiger partial charge >= 0.3 is 0 Å². The van der Waals surface area contributed by atoms with Crippen molar-refractivity contribution >= 4 is 23.2 Å². The van der Waals surface area contributed by atoms with E-state index in [1.807, 2.05) is 0 Å². The third-order valence-corrected chi connectivity index (χ3v) is 4.28. The van der Waals surface area contributed by atoms with E-state index in [0.717, 1.165) is 19.3 Å². The van der Waals surface area contributed by atoms with Gasteiger partial charge in [0.1, 0.15) is 0 Å². The number of carbonyl (C=O) groups is 1. The molecule has 0 saturated heterocycles. The third-order valence-electron chi connectivity index (χ3n) is 3.88. The van der Waals surface area contributed by atoms with Gasteiger partial charge in [-0.2, -0.15) is 0 Å². The van der Waals surface area contributed by atoms with Crippen molar-refractivity contribution in [3.63, 3.8) is 0 Å². The first-order valence-corrected chi connectivity index (χ1v) is 7.24. The van der Waals surface area contributed by atoms with E-state index in [1.54, 1.807) is 0 Å². The minimum Gasteiger partial charge on any atom is -0.352 e. The lowest BCUT2D eigenvalue weighted by atomic mass is 9.98. The van der Waals surface area contributed by atoms with Gasteiger partial charge in [-0.1, -0.05) is 6.42 Å². The number of amides is 1. The molecule has 2 atom stereocenters. The first-order chi connectivity index (χ1) is 9.61. The maximum atomic E-state index is 12.0. The Morgan fingerprint density at radius 1 is 1.30 bits per heavy atom. The molecule has 20 heavy (non-hydrogen) atoms. The minimum atomic E-state index is -0.481. The molecule has 2 rings (SSSR count). The van der Waals surface area contributed by atoms with E-state index in [0.29, 0.717) is 29.8 Å². The smallest absolute Gasteiger partial charge is 0.269 e. The molecule has 0 heterocycles. The summed E-state index contributed by atoms with van der Waals surface area (Å²) in [6.45, 7) is 0.618. The number of hydrogen-bond acceptors (Lipinski definition) is 3. The molecule has 0 radical (unpaired) electrons. The van der Waals surface area contributed by atoms with Gasteiger partial charge in [-0.25, -0.2) is 0 Å². The molecule has 1 aliphatic rings. The topological polar surface area (TPSA) is 72.2 Å². The number of rotatable bonds is 5. The zero-order valence-electron chi connectivity index (χ0n) is 11.0. The molecule has 2 unspecified atom stereocenters. The highest BCUT2D eigenvalue weighted by molar-refractivity contribution is 6.18. The van der Waals surface area contributed by atoms with Crippen LogP contribution >= 0.6 is 11.6 Å². The van der Waals surface area contributed by atoms with Crippen LogP contribution < -0.4 is 5.32 Å². The highest BCUT2D eigenvalue weighted by Gasteiger charge is 2.26. The molecular formula is C14H17ClN2O3. The van der Waals surface area contributed by atoms with Crippen LogP contribution in [0.5, 0.6) is 0 Å². The molecule has 0 spiro atoms. The first kappa shape index (κ1) is 14.8. The number of benzene rings is 1. The van der Waals surface area contributed by atoms with Crippen LogP contribution in [0.25, 0.3) is 0 Å². The monoisotopic (exact) mass is 296 g/mol. The molecular weight excluding hydrogens is 280 g/mol. The molecule has 1 aliphatic carbocycles. The van der Waals surface area contributed by atoms with Crippen molar-refractivity contribution in [1.82, 2.24) is 5.32 Å². The predicted octanol–water partition coefficient (Wildman–Crippen LogP) is 2.98. The molecule has 0 bridgehead atoms. The average molecular weight is 297 g/mol. The predicted molar refractivity (Wildman–Crippen MR) is 77.0 cm³/mol. The van der Waals surface area contributed by atoms with E-state index in [2.05, 4.69) is 5.32 Å². The second-order valence-corrected chi connectivity index (χ2v) is 5.43. The fraction of sp³-hybridized carbons (Fsp3) is 0.500. The molecule has 1 fully saturated rings. The van der Waals surface area contributed by atoms with E-state index in [1.165, 1.54) is 24.3 Å². The van der Waals surface area contributed by atoms with Crippen LogP contribution in [0.15, 0.2) is 24.3 Å². The van der Waals surface area contributed by atoms with Crippen molar-refractivity contribution in [3.8, 4) is 0 Å². The molecule has 0 aliphatic heterocycles. The largest absolute Gasteiger partial charge is 0.352 e. The SMILES string of the molecule is O=C(NCC1CCCC1CCl)c1ccc([N+](=O)[O-])cc1. The Hall–Kier alpha value is -1.62. The first-order valence-electron chi connectivity index (χ1n) is 6.70. The normalized spacial score (nSPS) is 21.6. The lowest BCUT2D eigenvalue weighted by molar-refractivity contribution is -0.384. The number of nitro groups is 1. The Morgan fingerprint density at radius 3 is 2.55 bits per heavy atom. The Bertz CT molecular complexity index is 490. The van der Waals surface area contributed by atoms with Gasteiger partial charge < -0.3 is 5.32 Å². The van der Waals surface area contributed by atoms with Crippen LogP contribution in [0.2, 0.25) is 0 Å². The summed E-state index contributed by atoms with van der Waals surface area (Å²) in [5.74, 6) is 1.36. The van der Waals surface area contributed by atoms with Crippen LogP contribution in [-0.2, 0) is 0 Å². The summed E-state index contributed by atoms with van der Waals surface area (Å²) in [6.07, 6.45) is 3.38. The maximum absolute atomic E-state index is 12.0.